The third-order valence-electron chi connectivity index (χ3n) is 6.23. The van der Waals surface area contributed by atoms with Crippen molar-refractivity contribution in [1.29, 1.82) is 0 Å². The minimum Gasteiger partial charge on any atom is -0.470 e. The van der Waals surface area contributed by atoms with Crippen LogP contribution < -0.4 is 4.74 Å². The van der Waals surface area contributed by atoms with Crippen LogP contribution in [0.1, 0.15) is 47.0 Å². The molecule has 1 fully saturated rings. The van der Waals surface area contributed by atoms with Gasteiger partial charge in [0.2, 0.25) is 5.78 Å². The average Bonchev–Trinajstić information content (AvgIpc) is 3.40. The summed E-state index contributed by atoms with van der Waals surface area (Å²) in [5.41, 5.74) is -1.09. The molecule has 3 atom stereocenters. The van der Waals surface area contributed by atoms with Crippen LogP contribution in [-0.4, -0.2) is 45.4 Å². The van der Waals surface area contributed by atoms with Crippen molar-refractivity contribution in [3.63, 3.8) is 0 Å². The zero-order valence-corrected chi connectivity index (χ0v) is 15.9. The Balaban J connectivity index is 1.56. The number of nitrogens with zero attached hydrogens (tertiary/aromatic N) is 2. The van der Waals surface area contributed by atoms with Gasteiger partial charge in [-0.05, 0) is 49.1 Å². The fraction of sp³-hybridized carbons (Fsp3) is 0.409. The number of aromatic nitrogens is 1. The van der Waals surface area contributed by atoms with Crippen molar-refractivity contribution in [3.05, 3.63) is 59.4 Å². The Bertz CT molecular complexity index is 976. The second kappa shape index (κ2) is 6.93. The molecular formula is C22H22N2O5. The average molecular weight is 394 g/mol. The number of hydrogen-bond acceptors (Lipinski definition) is 7. The minimum absolute atomic E-state index is 0.0345. The highest BCUT2D eigenvalue weighted by Crippen LogP contribution is 2.50. The van der Waals surface area contributed by atoms with E-state index >= 15 is 0 Å². The summed E-state index contributed by atoms with van der Waals surface area (Å²) in [6, 6.07) is 9.12. The predicted octanol–water partition coefficient (Wildman–Crippen LogP) is 2.46. The van der Waals surface area contributed by atoms with Crippen LogP contribution in [0.4, 0.5) is 0 Å². The maximum absolute atomic E-state index is 13.3. The monoisotopic (exact) mass is 394 g/mol. The Labute approximate surface area is 167 Å². The van der Waals surface area contributed by atoms with Gasteiger partial charge in [-0.25, -0.2) is 0 Å². The Hall–Kier alpha value is -2.77. The van der Waals surface area contributed by atoms with Crippen molar-refractivity contribution in [2.75, 3.05) is 13.1 Å². The van der Waals surface area contributed by atoms with Gasteiger partial charge in [-0.2, -0.15) is 0 Å². The number of aliphatic hydroxyl groups is 1. The molecule has 0 amide bonds. The predicted molar refractivity (Wildman–Crippen MR) is 102 cm³/mol. The lowest BCUT2D eigenvalue weighted by atomic mass is 9.65. The molecule has 2 aromatic rings. The van der Waals surface area contributed by atoms with E-state index in [1.807, 2.05) is 30.3 Å². The van der Waals surface area contributed by atoms with E-state index < -0.39 is 23.1 Å². The summed E-state index contributed by atoms with van der Waals surface area (Å²) in [6.07, 6.45) is 5.51. The maximum atomic E-state index is 13.3. The number of fused-ring (bicyclic) bond motifs is 2. The van der Waals surface area contributed by atoms with Gasteiger partial charge in [0.05, 0.1) is 6.04 Å². The Morgan fingerprint density at radius 2 is 1.97 bits per heavy atom. The molecule has 1 saturated heterocycles. The summed E-state index contributed by atoms with van der Waals surface area (Å²) in [5.74, 6) is -1.41. The van der Waals surface area contributed by atoms with E-state index in [4.69, 9.17) is 9.26 Å². The van der Waals surface area contributed by atoms with E-state index in [9.17, 15) is 14.7 Å². The zero-order valence-electron chi connectivity index (χ0n) is 15.9. The number of ether oxygens (including phenoxy) is 1. The SMILES string of the molecule is O=C1C=CCC2[C@H](N3CCCC3)c3onc(OCc4ccccc4)c3C(=O)[C@]12O. The van der Waals surface area contributed by atoms with Crippen molar-refractivity contribution in [3.8, 4) is 5.88 Å². The van der Waals surface area contributed by atoms with Crippen LogP contribution in [0.3, 0.4) is 0 Å². The first-order valence-electron chi connectivity index (χ1n) is 9.99. The first-order chi connectivity index (χ1) is 14.1. The third-order valence-corrected chi connectivity index (χ3v) is 6.23. The molecule has 3 aliphatic rings. The summed E-state index contributed by atoms with van der Waals surface area (Å²) in [6.45, 7) is 1.85. The highest BCUT2D eigenvalue weighted by molar-refractivity contribution is 6.23. The van der Waals surface area contributed by atoms with Crippen molar-refractivity contribution in [2.45, 2.75) is 37.5 Å². The van der Waals surface area contributed by atoms with Gasteiger partial charge in [0.25, 0.3) is 5.88 Å². The van der Waals surface area contributed by atoms with Crippen LogP contribution in [0.25, 0.3) is 0 Å². The van der Waals surface area contributed by atoms with Crippen molar-refractivity contribution in [1.82, 2.24) is 10.1 Å². The van der Waals surface area contributed by atoms with Crippen LogP contribution in [0.15, 0.2) is 47.0 Å². The number of benzene rings is 1. The van der Waals surface area contributed by atoms with Crippen LogP contribution in [0.2, 0.25) is 0 Å². The second-order valence-corrected chi connectivity index (χ2v) is 7.89. The standard InChI is InChI=1S/C22H22N2O5/c25-16-10-6-9-15-18(24-11-4-5-12-24)19-17(20(26)22(15,16)27)21(23-29-19)28-13-14-7-2-1-3-8-14/h1-3,6-8,10,15,18,27H,4-5,9,11-13H2/t15?,18-,22+/m0/s1. The fourth-order valence-corrected chi connectivity index (χ4v) is 4.78. The Morgan fingerprint density at radius 1 is 1.21 bits per heavy atom. The lowest BCUT2D eigenvalue weighted by molar-refractivity contribution is -0.137. The molecule has 1 aromatic carbocycles. The number of carbonyl (C=O) groups excluding carboxylic acids is 2. The number of likely N-dealkylation sites (tertiary alicyclic amines) is 1. The number of allylic oxidation sites excluding steroid dienone is 1. The second-order valence-electron chi connectivity index (χ2n) is 7.89. The van der Waals surface area contributed by atoms with Crippen LogP contribution >= 0.6 is 0 Å². The molecule has 0 radical (unpaired) electrons. The fourth-order valence-electron chi connectivity index (χ4n) is 4.78. The van der Waals surface area contributed by atoms with Crippen LogP contribution in [0, 0.1) is 5.92 Å². The molecule has 2 heterocycles. The Morgan fingerprint density at radius 3 is 2.72 bits per heavy atom. The number of Topliss-reactive ketones (excluding diaryl/α,β-unsaturated/α-hetero) is 1. The summed E-state index contributed by atoms with van der Waals surface area (Å²) >= 11 is 0. The minimum atomic E-state index is -2.11. The van der Waals surface area contributed by atoms with Crippen molar-refractivity contribution >= 4 is 11.6 Å². The zero-order chi connectivity index (χ0) is 20.0. The van der Waals surface area contributed by atoms with Crippen LogP contribution in [0.5, 0.6) is 5.88 Å². The number of hydrogen-bond donors (Lipinski definition) is 1. The van der Waals surface area contributed by atoms with Crippen molar-refractivity contribution < 1.29 is 24.0 Å². The smallest absolute Gasteiger partial charge is 0.265 e. The van der Waals surface area contributed by atoms with E-state index in [0.29, 0.717) is 12.2 Å². The van der Waals surface area contributed by atoms with Gasteiger partial charge >= 0.3 is 0 Å². The molecule has 1 aliphatic heterocycles. The van der Waals surface area contributed by atoms with E-state index in [0.717, 1.165) is 31.5 Å². The summed E-state index contributed by atoms with van der Waals surface area (Å²) < 4.78 is 11.4. The quantitative estimate of drug-likeness (QED) is 0.796. The molecule has 5 rings (SSSR count). The van der Waals surface area contributed by atoms with E-state index in [2.05, 4.69) is 10.1 Å². The maximum Gasteiger partial charge on any atom is 0.265 e. The van der Waals surface area contributed by atoms with Gasteiger partial charge in [0.15, 0.2) is 17.1 Å². The molecule has 29 heavy (non-hydrogen) atoms. The Kier molecular flexibility index (Phi) is 4.37. The molecule has 7 nitrogen and oxygen atoms in total. The van der Waals surface area contributed by atoms with Gasteiger partial charge in [-0.15, -0.1) is 0 Å². The summed E-state index contributed by atoms with van der Waals surface area (Å²) in [4.78, 5) is 28.2. The van der Waals surface area contributed by atoms with Crippen LogP contribution in [-0.2, 0) is 11.4 Å². The lowest BCUT2D eigenvalue weighted by Crippen LogP contribution is -2.60. The first kappa shape index (κ1) is 18.3. The molecule has 0 saturated carbocycles. The van der Waals surface area contributed by atoms with Gasteiger partial charge in [-0.3, -0.25) is 14.5 Å². The highest BCUT2D eigenvalue weighted by Gasteiger charge is 2.61. The molecule has 1 N–H and O–H groups in total. The number of carbonyl (C=O) groups is 2. The molecule has 0 bridgehead atoms. The molecule has 1 aromatic heterocycles. The number of rotatable bonds is 4. The first-order valence-corrected chi connectivity index (χ1v) is 9.99. The topological polar surface area (TPSA) is 92.9 Å². The molecule has 2 aliphatic carbocycles. The molecule has 150 valence electrons. The molecule has 1 unspecified atom stereocenters. The van der Waals surface area contributed by atoms with E-state index in [1.54, 1.807) is 6.08 Å². The molecular weight excluding hydrogens is 372 g/mol. The number of ketones is 2. The van der Waals surface area contributed by atoms with Crippen molar-refractivity contribution in [2.24, 2.45) is 5.92 Å². The van der Waals surface area contributed by atoms with E-state index in [-0.39, 0.29) is 24.1 Å². The third kappa shape index (κ3) is 2.76. The highest BCUT2D eigenvalue weighted by atomic mass is 16.5. The largest absolute Gasteiger partial charge is 0.470 e. The summed E-state index contributed by atoms with van der Waals surface area (Å²) in [5, 5.41) is 15.3. The van der Waals surface area contributed by atoms with Gasteiger partial charge < -0.3 is 14.4 Å². The normalized spacial score (nSPS) is 29.0. The molecule has 0 spiro atoms. The van der Waals surface area contributed by atoms with E-state index in [1.165, 1.54) is 6.08 Å². The lowest BCUT2D eigenvalue weighted by Gasteiger charge is -2.44. The summed E-state index contributed by atoms with van der Waals surface area (Å²) in [7, 11) is 0. The van der Waals surface area contributed by atoms with Gasteiger partial charge in [0.1, 0.15) is 12.2 Å². The van der Waals surface area contributed by atoms with Gasteiger partial charge in [-0.1, -0.05) is 36.4 Å². The molecule has 7 heteroatoms. The van der Waals surface area contributed by atoms with Gasteiger partial charge in [0, 0.05) is 5.92 Å².